The van der Waals surface area contributed by atoms with Gasteiger partial charge < -0.3 is 10.1 Å². The molecule has 3 amide bonds. The van der Waals surface area contributed by atoms with Crippen LogP contribution in [0.3, 0.4) is 0 Å². The van der Waals surface area contributed by atoms with Gasteiger partial charge in [-0.25, -0.2) is 8.78 Å². The molecule has 3 aromatic rings. The molecule has 0 radical (unpaired) electrons. The summed E-state index contributed by atoms with van der Waals surface area (Å²) < 4.78 is 34.0. The third-order valence-corrected chi connectivity index (χ3v) is 7.02. The van der Waals surface area contributed by atoms with Gasteiger partial charge in [-0.2, -0.15) is 0 Å². The fourth-order valence-corrected chi connectivity index (χ4v) is 5.55. The maximum Gasteiger partial charge on any atom is 0.294 e. The van der Waals surface area contributed by atoms with E-state index in [4.69, 9.17) is 4.74 Å². The Bertz CT molecular complexity index is 1380. The Kier molecular flexibility index (Phi) is 8.22. The highest BCUT2D eigenvalue weighted by Gasteiger charge is 2.36. The summed E-state index contributed by atoms with van der Waals surface area (Å²) in [6.45, 7) is -0.492. The number of anilines is 1. The second-order valence-corrected chi connectivity index (χ2v) is 10.2. The van der Waals surface area contributed by atoms with Crippen LogP contribution in [0.25, 0.3) is 6.08 Å². The van der Waals surface area contributed by atoms with Gasteiger partial charge in [0.05, 0.1) is 13.9 Å². The molecule has 1 saturated heterocycles. The number of hydrogen-bond donors (Lipinski definition) is 1. The number of halogens is 4. The van der Waals surface area contributed by atoms with Crippen molar-refractivity contribution < 1.29 is 27.9 Å². The Labute approximate surface area is 226 Å². The molecule has 0 atom stereocenters. The van der Waals surface area contributed by atoms with Crippen LogP contribution >= 0.6 is 43.6 Å². The molecule has 0 aliphatic carbocycles. The Morgan fingerprint density at radius 3 is 2.44 bits per heavy atom. The summed E-state index contributed by atoms with van der Waals surface area (Å²) in [5.41, 5.74) is 1.20. The number of rotatable bonds is 7. The van der Waals surface area contributed by atoms with E-state index in [9.17, 15) is 23.2 Å². The molecule has 1 aliphatic rings. The zero-order chi connectivity index (χ0) is 25.8. The van der Waals surface area contributed by atoms with E-state index in [0.717, 1.165) is 11.0 Å². The lowest BCUT2D eigenvalue weighted by molar-refractivity contribution is -0.127. The largest absolute Gasteiger partial charge is 0.486 e. The molecular weight excluding hydrogens is 622 g/mol. The Hall–Kier alpha value is -3.02. The normalized spacial score (nSPS) is 14.4. The number of benzene rings is 3. The summed E-state index contributed by atoms with van der Waals surface area (Å²) in [6, 6.07) is 14.9. The molecule has 1 N–H and O–H groups in total. The predicted molar refractivity (Wildman–Crippen MR) is 140 cm³/mol. The Morgan fingerprint density at radius 1 is 1.03 bits per heavy atom. The molecule has 0 spiro atoms. The minimum atomic E-state index is -0.633. The van der Waals surface area contributed by atoms with Crippen molar-refractivity contribution in [1.82, 2.24) is 4.90 Å². The number of imide groups is 1. The van der Waals surface area contributed by atoms with Gasteiger partial charge in [-0.1, -0.05) is 24.3 Å². The van der Waals surface area contributed by atoms with Gasteiger partial charge in [0.2, 0.25) is 5.91 Å². The highest BCUT2D eigenvalue weighted by Crippen LogP contribution is 2.38. The van der Waals surface area contributed by atoms with Crippen LogP contribution in [0.15, 0.2) is 74.5 Å². The molecule has 1 heterocycles. The van der Waals surface area contributed by atoms with E-state index in [2.05, 4.69) is 37.2 Å². The average molecular weight is 638 g/mol. The van der Waals surface area contributed by atoms with E-state index in [0.29, 0.717) is 37.6 Å². The lowest BCUT2D eigenvalue weighted by atomic mass is 10.2. The van der Waals surface area contributed by atoms with E-state index < -0.39 is 29.4 Å². The third kappa shape index (κ3) is 6.21. The first-order valence-electron chi connectivity index (χ1n) is 10.4. The summed E-state index contributed by atoms with van der Waals surface area (Å²) in [6.07, 6.45) is 1.52. The molecule has 0 saturated carbocycles. The Morgan fingerprint density at radius 2 is 1.75 bits per heavy atom. The minimum absolute atomic E-state index is 0.0137. The first-order chi connectivity index (χ1) is 17.2. The van der Waals surface area contributed by atoms with Crippen molar-refractivity contribution in [2.45, 2.75) is 6.61 Å². The first-order valence-corrected chi connectivity index (χ1v) is 12.8. The molecule has 1 aliphatic heterocycles. The van der Waals surface area contributed by atoms with Crippen LogP contribution < -0.4 is 10.1 Å². The number of nitrogens with one attached hydrogen (secondary N) is 1. The SMILES string of the molecule is O=C(CN1C(=O)S/C(=C/c2cc(Br)c(OCc3ccccc3F)c(Br)c2)C1=O)Nc1cccc(F)c1. The summed E-state index contributed by atoms with van der Waals surface area (Å²) in [5.74, 6) is -1.71. The summed E-state index contributed by atoms with van der Waals surface area (Å²) in [4.78, 5) is 38.4. The van der Waals surface area contributed by atoms with Crippen molar-refractivity contribution >= 4 is 72.4 Å². The fraction of sp³-hybridized carbons (Fsp3) is 0.0800. The van der Waals surface area contributed by atoms with Crippen LogP contribution in [-0.4, -0.2) is 28.5 Å². The van der Waals surface area contributed by atoms with E-state index in [1.54, 1.807) is 30.3 Å². The molecule has 184 valence electrons. The summed E-state index contributed by atoms with van der Waals surface area (Å²) in [7, 11) is 0. The fourth-order valence-electron chi connectivity index (χ4n) is 3.26. The number of hydrogen-bond acceptors (Lipinski definition) is 5. The Balaban J connectivity index is 1.44. The van der Waals surface area contributed by atoms with Crippen molar-refractivity contribution in [2.75, 3.05) is 11.9 Å². The van der Waals surface area contributed by atoms with Gasteiger partial charge in [0.1, 0.15) is 30.5 Å². The zero-order valence-corrected chi connectivity index (χ0v) is 22.3. The van der Waals surface area contributed by atoms with Crippen molar-refractivity contribution in [3.8, 4) is 5.75 Å². The van der Waals surface area contributed by atoms with Crippen molar-refractivity contribution in [2.24, 2.45) is 0 Å². The van der Waals surface area contributed by atoms with Crippen LogP contribution in [-0.2, 0) is 16.2 Å². The molecule has 4 rings (SSSR count). The number of carbonyl (C=O) groups excluding carboxylic acids is 3. The summed E-state index contributed by atoms with van der Waals surface area (Å²) >= 11 is 7.55. The average Bonchev–Trinajstić information content (AvgIpc) is 3.07. The van der Waals surface area contributed by atoms with E-state index in [1.807, 2.05) is 0 Å². The maximum atomic E-state index is 13.9. The number of nitrogens with zero attached hydrogens (tertiary/aromatic N) is 1. The molecule has 0 aromatic heterocycles. The van der Waals surface area contributed by atoms with E-state index >= 15 is 0 Å². The maximum absolute atomic E-state index is 13.9. The molecule has 6 nitrogen and oxygen atoms in total. The smallest absolute Gasteiger partial charge is 0.294 e. The van der Waals surface area contributed by atoms with Crippen LogP contribution in [0.5, 0.6) is 5.75 Å². The number of ether oxygens (including phenoxy) is 1. The second-order valence-electron chi connectivity index (χ2n) is 7.52. The van der Waals surface area contributed by atoms with Crippen molar-refractivity contribution in [3.05, 3.63) is 97.3 Å². The van der Waals surface area contributed by atoms with Gasteiger partial charge >= 0.3 is 0 Å². The van der Waals surface area contributed by atoms with Gasteiger partial charge in [0.25, 0.3) is 11.1 Å². The molecule has 0 bridgehead atoms. The van der Waals surface area contributed by atoms with Crippen LogP contribution in [0.1, 0.15) is 11.1 Å². The quantitative estimate of drug-likeness (QED) is 0.290. The number of amides is 3. The van der Waals surface area contributed by atoms with Gasteiger partial charge in [-0.05, 0) is 91.7 Å². The predicted octanol–water partition coefficient (Wildman–Crippen LogP) is 6.74. The van der Waals surface area contributed by atoms with Crippen LogP contribution in [0.4, 0.5) is 19.3 Å². The molecule has 36 heavy (non-hydrogen) atoms. The molecule has 11 heteroatoms. The van der Waals surface area contributed by atoms with Crippen molar-refractivity contribution in [1.29, 1.82) is 0 Å². The third-order valence-electron chi connectivity index (χ3n) is 4.93. The minimum Gasteiger partial charge on any atom is -0.486 e. The van der Waals surface area contributed by atoms with Crippen LogP contribution in [0, 0.1) is 11.6 Å². The lowest BCUT2D eigenvalue weighted by Crippen LogP contribution is -2.36. The van der Waals surface area contributed by atoms with E-state index in [1.165, 1.54) is 30.3 Å². The molecule has 1 fully saturated rings. The van der Waals surface area contributed by atoms with Gasteiger partial charge in [-0.3, -0.25) is 19.3 Å². The topological polar surface area (TPSA) is 75.7 Å². The monoisotopic (exact) mass is 636 g/mol. The second kappa shape index (κ2) is 11.4. The van der Waals surface area contributed by atoms with Gasteiger partial charge in [-0.15, -0.1) is 0 Å². The summed E-state index contributed by atoms with van der Waals surface area (Å²) in [5, 5.41) is 1.87. The van der Waals surface area contributed by atoms with Crippen molar-refractivity contribution in [3.63, 3.8) is 0 Å². The molecular formula is C25H16Br2F2N2O4S. The molecule has 0 unspecified atom stereocenters. The highest BCUT2D eigenvalue weighted by atomic mass is 79.9. The highest BCUT2D eigenvalue weighted by molar-refractivity contribution is 9.11. The standard InChI is InChI=1S/C25H16Br2F2N2O4S/c26-18-8-14(9-19(27)23(18)35-13-15-4-1-2-7-20(15)29)10-21-24(33)31(25(34)36-21)12-22(32)30-17-6-3-5-16(28)11-17/h1-11H,12-13H2,(H,30,32)/b21-10+. The number of carbonyl (C=O) groups is 3. The first kappa shape index (κ1) is 26.1. The number of thioether (sulfide) groups is 1. The lowest BCUT2D eigenvalue weighted by Gasteiger charge is -2.13. The zero-order valence-electron chi connectivity index (χ0n) is 18.3. The van der Waals surface area contributed by atoms with E-state index in [-0.39, 0.29) is 23.0 Å². The van der Waals surface area contributed by atoms with Gasteiger partial charge in [0, 0.05) is 11.3 Å². The molecule has 3 aromatic carbocycles. The van der Waals surface area contributed by atoms with Gasteiger partial charge in [0.15, 0.2) is 0 Å². The van der Waals surface area contributed by atoms with Crippen LogP contribution in [0.2, 0.25) is 0 Å².